The Balaban J connectivity index is 1.37. The molecular weight excluding hydrogens is 468 g/mol. The number of esters is 1. The van der Waals surface area contributed by atoms with E-state index >= 15 is 0 Å². The predicted molar refractivity (Wildman–Crippen MR) is 117 cm³/mol. The number of likely N-dealkylation sites (tertiary alicyclic amines) is 1. The molecule has 0 radical (unpaired) electrons. The number of ether oxygens (including phenoxy) is 2. The number of rotatable bonds is 2. The summed E-state index contributed by atoms with van der Waals surface area (Å²) in [6.07, 6.45) is -1.74. The summed E-state index contributed by atoms with van der Waals surface area (Å²) in [4.78, 5) is 30.0. The summed E-state index contributed by atoms with van der Waals surface area (Å²) in [5.41, 5.74) is -1.22. The normalized spacial score (nSPS) is 23.6. The van der Waals surface area contributed by atoms with Crippen molar-refractivity contribution < 1.29 is 36.6 Å². The molecule has 190 valence electrons. The number of alkyl halides is 3. The summed E-state index contributed by atoms with van der Waals surface area (Å²) in [5.74, 6) is -1.86. The van der Waals surface area contributed by atoms with E-state index in [1.54, 1.807) is 6.92 Å². The number of hydrogen-bond donors (Lipinski definition) is 0. The zero-order chi connectivity index (χ0) is 25.0. The Kier molecular flexibility index (Phi) is 6.15. The van der Waals surface area contributed by atoms with Crippen LogP contribution in [0.1, 0.15) is 49.3 Å². The van der Waals surface area contributed by atoms with Crippen LogP contribution >= 0.6 is 0 Å². The molecule has 5 rings (SSSR count). The van der Waals surface area contributed by atoms with Gasteiger partial charge in [0, 0.05) is 63.8 Å². The van der Waals surface area contributed by atoms with E-state index in [-0.39, 0.29) is 36.2 Å². The van der Waals surface area contributed by atoms with Crippen LogP contribution in [0.25, 0.3) is 0 Å². The van der Waals surface area contributed by atoms with E-state index in [9.17, 15) is 27.2 Å². The lowest BCUT2D eigenvalue weighted by Gasteiger charge is -2.44. The molecule has 4 aliphatic heterocycles. The molecule has 2 fully saturated rings. The largest absolute Gasteiger partial charge is 0.450 e. The predicted octanol–water partition coefficient (Wildman–Crippen LogP) is 3.62. The van der Waals surface area contributed by atoms with Crippen LogP contribution in [-0.2, 0) is 38.2 Å². The van der Waals surface area contributed by atoms with Crippen LogP contribution in [0.5, 0.6) is 0 Å². The van der Waals surface area contributed by atoms with Crippen LogP contribution in [-0.4, -0.2) is 66.2 Å². The van der Waals surface area contributed by atoms with E-state index < -0.39 is 35.0 Å². The van der Waals surface area contributed by atoms with Gasteiger partial charge in [0.1, 0.15) is 11.4 Å². The fourth-order valence-electron chi connectivity index (χ4n) is 5.90. The number of carbonyl (C=O) groups is 2. The van der Waals surface area contributed by atoms with Gasteiger partial charge in [-0.25, -0.2) is 9.18 Å². The van der Waals surface area contributed by atoms with Crippen molar-refractivity contribution in [2.24, 2.45) is 0 Å². The van der Waals surface area contributed by atoms with E-state index in [2.05, 4.69) is 4.90 Å². The first-order valence-corrected chi connectivity index (χ1v) is 12.0. The molecule has 0 saturated carbocycles. The van der Waals surface area contributed by atoms with Crippen molar-refractivity contribution in [1.82, 2.24) is 9.80 Å². The number of piperidine rings is 1. The number of nitrogens with zero attached hydrogens (tertiary/aromatic N) is 2. The van der Waals surface area contributed by atoms with E-state index in [4.69, 9.17) is 9.47 Å². The second-order valence-corrected chi connectivity index (χ2v) is 9.83. The Bertz CT molecular complexity index is 1070. The molecule has 0 unspecified atom stereocenters. The highest BCUT2D eigenvalue weighted by Crippen LogP contribution is 2.43. The maximum absolute atomic E-state index is 14.4. The standard InChI is InChI=1S/C25H28F4N2O4/c1-15-21(24(35-23(15)33)5-8-30(9-6-24)18-3-10-34-11-4-18)22(32)31-7-2-19-16(14-31)12-17(13-20(19)26)25(27,28)29/h12-13,18H,2-11,14H2,1H3. The minimum atomic E-state index is -4.69. The molecule has 0 N–H and O–H groups in total. The van der Waals surface area contributed by atoms with Gasteiger partial charge in [-0.05, 0) is 49.4 Å². The molecule has 1 aromatic carbocycles. The molecule has 4 aliphatic rings. The van der Waals surface area contributed by atoms with Crippen LogP contribution in [0.15, 0.2) is 23.3 Å². The van der Waals surface area contributed by atoms with E-state index in [0.29, 0.717) is 43.6 Å². The Morgan fingerprint density at radius 3 is 2.46 bits per heavy atom. The van der Waals surface area contributed by atoms with Crippen LogP contribution in [0, 0.1) is 5.82 Å². The number of hydrogen-bond acceptors (Lipinski definition) is 5. The number of fused-ring (bicyclic) bond motifs is 1. The first kappa shape index (κ1) is 24.2. The van der Waals surface area contributed by atoms with E-state index in [0.717, 1.165) is 32.1 Å². The maximum atomic E-state index is 14.4. The van der Waals surface area contributed by atoms with Crippen molar-refractivity contribution in [2.45, 2.75) is 63.4 Å². The average Bonchev–Trinajstić information content (AvgIpc) is 3.07. The first-order valence-electron chi connectivity index (χ1n) is 12.0. The number of halogens is 4. The lowest BCUT2D eigenvalue weighted by Crippen LogP contribution is -2.52. The highest BCUT2D eigenvalue weighted by atomic mass is 19.4. The number of carbonyl (C=O) groups excluding carboxylic acids is 2. The molecule has 1 spiro atoms. The summed E-state index contributed by atoms with van der Waals surface area (Å²) in [7, 11) is 0. The molecule has 1 aromatic rings. The maximum Gasteiger partial charge on any atom is 0.416 e. The van der Waals surface area contributed by atoms with Gasteiger partial charge in [0.05, 0.1) is 11.1 Å². The van der Waals surface area contributed by atoms with Gasteiger partial charge in [-0.3, -0.25) is 9.69 Å². The minimum absolute atomic E-state index is 0.108. The van der Waals surface area contributed by atoms with E-state index in [1.807, 2.05) is 0 Å². The Morgan fingerprint density at radius 2 is 1.80 bits per heavy atom. The summed E-state index contributed by atoms with van der Waals surface area (Å²) in [6.45, 7) is 4.35. The third kappa shape index (κ3) is 4.35. The summed E-state index contributed by atoms with van der Waals surface area (Å²) >= 11 is 0. The number of benzene rings is 1. The van der Waals surface area contributed by atoms with E-state index in [1.165, 1.54) is 4.90 Å². The number of amides is 1. The monoisotopic (exact) mass is 496 g/mol. The third-order valence-electron chi connectivity index (χ3n) is 7.85. The lowest BCUT2D eigenvalue weighted by molar-refractivity contribution is -0.152. The third-order valence-corrected chi connectivity index (χ3v) is 7.85. The van der Waals surface area contributed by atoms with Crippen LogP contribution < -0.4 is 0 Å². The van der Waals surface area contributed by atoms with Gasteiger partial charge in [0.15, 0.2) is 0 Å². The molecule has 10 heteroatoms. The molecule has 0 aliphatic carbocycles. The van der Waals surface area contributed by atoms with Gasteiger partial charge in [0.25, 0.3) is 5.91 Å². The van der Waals surface area contributed by atoms with Crippen molar-refractivity contribution in [2.75, 3.05) is 32.8 Å². The SMILES string of the molecule is CC1=C(C(=O)N2CCc3c(F)cc(C(F)(F)F)cc3C2)C2(CCN(C3CCOCC3)CC2)OC1=O. The second-order valence-electron chi connectivity index (χ2n) is 9.83. The second kappa shape index (κ2) is 8.89. The van der Waals surface area contributed by atoms with Crippen molar-refractivity contribution in [3.8, 4) is 0 Å². The molecule has 2 saturated heterocycles. The average molecular weight is 497 g/mol. The van der Waals surface area contributed by atoms with Crippen LogP contribution in [0.2, 0.25) is 0 Å². The summed E-state index contributed by atoms with van der Waals surface area (Å²) < 4.78 is 65.3. The van der Waals surface area contributed by atoms with Crippen LogP contribution in [0.3, 0.4) is 0 Å². The summed E-state index contributed by atoms with van der Waals surface area (Å²) in [6, 6.07) is 1.82. The fourth-order valence-corrected chi connectivity index (χ4v) is 5.90. The van der Waals surface area contributed by atoms with Crippen molar-refractivity contribution in [1.29, 1.82) is 0 Å². The van der Waals surface area contributed by atoms with Gasteiger partial charge in [0.2, 0.25) is 0 Å². The van der Waals surface area contributed by atoms with Crippen LogP contribution in [0.4, 0.5) is 17.6 Å². The van der Waals surface area contributed by atoms with Gasteiger partial charge in [-0.1, -0.05) is 0 Å². The first-order chi connectivity index (χ1) is 16.6. The lowest BCUT2D eigenvalue weighted by atomic mass is 9.81. The van der Waals surface area contributed by atoms with Crippen molar-refractivity contribution >= 4 is 11.9 Å². The molecule has 0 atom stereocenters. The molecule has 35 heavy (non-hydrogen) atoms. The van der Waals surface area contributed by atoms with Gasteiger partial charge in [-0.15, -0.1) is 0 Å². The van der Waals surface area contributed by atoms with Gasteiger partial charge >= 0.3 is 12.1 Å². The molecule has 1 amide bonds. The molecular formula is C25H28F4N2O4. The zero-order valence-electron chi connectivity index (χ0n) is 19.5. The summed E-state index contributed by atoms with van der Waals surface area (Å²) in [5, 5.41) is 0. The molecule has 4 heterocycles. The molecule has 0 bridgehead atoms. The Morgan fingerprint density at radius 1 is 1.11 bits per heavy atom. The Labute approximate surface area is 200 Å². The topological polar surface area (TPSA) is 59.1 Å². The minimum Gasteiger partial charge on any atom is -0.450 e. The van der Waals surface area contributed by atoms with Crippen molar-refractivity contribution in [3.05, 3.63) is 45.8 Å². The highest BCUT2D eigenvalue weighted by Gasteiger charge is 2.52. The van der Waals surface area contributed by atoms with Gasteiger partial charge in [-0.2, -0.15) is 13.2 Å². The molecule has 0 aromatic heterocycles. The quantitative estimate of drug-likeness (QED) is 0.463. The smallest absolute Gasteiger partial charge is 0.416 e. The highest BCUT2D eigenvalue weighted by molar-refractivity contribution is 6.07. The zero-order valence-corrected chi connectivity index (χ0v) is 19.5. The van der Waals surface area contributed by atoms with Gasteiger partial charge < -0.3 is 14.4 Å². The van der Waals surface area contributed by atoms with Crippen molar-refractivity contribution in [3.63, 3.8) is 0 Å². The molecule has 6 nitrogen and oxygen atoms in total. The fraction of sp³-hybridized carbons (Fsp3) is 0.600. The Hall–Kier alpha value is -2.46.